The zero-order chi connectivity index (χ0) is 15.5. The molecule has 2 atom stereocenters. The monoisotopic (exact) mass is 319 g/mol. The molecule has 2 unspecified atom stereocenters. The molecule has 0 saturated carbocycles. The van der Waals surface area contributed by atoms with Crippen molar-refractivity contribution in [2.75, 3.05) is 32.7 Å². The zero-order valence-electron chi connectivity index (χ0n) is 12.5. The van der Waals surface area contributed by atoms with Crippen LogP contribution < -0.4 is 4.72 Å². The van der Waals surface area contributed by atoms with Gasteiger partial charge in [0.2, 0.25) is 0 Å². The van der Waals surface area contributed by atoms with Gasteiger partial charge in [-0.15, -0.1) is 0 Å². The fourth-order valence-corrected chi connectivity index (χ4v) is 4.37. The second-order valence-electron chi connectivity index (χ2n) is 5.98. The summed E-state index contributed by atoms with van der Waals surface area (Å²) in [6.07, 6.45) is 3.48. The fraction of sp³-hybridized carbons (Fsp3) is 0.923. The molecule has 0 aliphatic carbocycles. The number of rotatable bonds is 6. The Morgan fingerprint density at radius 2 is 1.95 bits per heavy atom. The molecule has 2 fully saturated rings. The first kappa shape index (κ1) is 16.7. The van der Waals surface area contributed by atoms with Gasteiger partial charge in [0.25, 0.3) is 10.2 Å². The van der Waals surface area contributed by atoms with Gasteiger partial charge in [0, 0.05) is 25.7 Å². The Labute approximate surface area is 126 Å². The third-order valence-corrected chi connectivity index (χ3v) is 5.94. The molecule has 0 bridgehead atoms. The summed E-state index contributed by atoms with van der Waals surface area (Å²) >= 11 is 0. The molecular weight excluding hydrogens is 294 g/mol. The van der Waals surface area contributed by atoms with Gasteiger partial charge >= 0.3 is 5.97 Å². The molecule has 122 valence electrons. The summed E-state index contributed by atoms with van der Waals surface area (Å²) in [4.78, 5) is 13.3. The summed E-state index contributed by atoms with van der Waals surface area (Å²) in [6, 6.07) is 0.169. The quantitative estimate of drug-likeness (QED) is 0.725. The minimum absolute atomic E-state index is 0.0722. The maximum atomic E-state index is 12.3. The molecule has 21 heavy (non-hydrogen) atoms. The van der Waals surface area contributed by atoms with Crippen LogP contribution in [0.25, 0.3) is 0 Å². The van der Waals surface area contributed by atoms with Gasteiger partial charge in [0.05, 0.1) is 5.92 Å². The average molecular weight is 319 g/mol. The van der Waals surface area contributed by atoms with Gasteiger partial charge in [-0.2, -0.15) is 12.7 Å². The molecule has 7 nitrogen and oxygen atoms in total. The highest BCUT2D eigenvalue weighted by Gasteiger charge is 2.32. The van der Waals surface area contributed by atoms with Crippen LogP contribution in [0, 0.1) is 5.92 Å². The van der Waals surface area contributed by atoms with Crippen LogP contribution in [0.1, 0.15) is 32.6 Å². The molecule has 0 aromatic heterocycles. The average Bonchev–Trinajstić information content (AvgIpc) is 2.99. The highest BCUT2D eigenvalue weighted by molar-refractivity contribution is 7.87. The lowest BCUT2D eigenvalue weighted by atomic mass is 10.0. The van der Waals surface area contributed by atoms with Crippen LogP contribution >= 0.6 is 0 Å². The third-order valence-electron chi connectivity index (χ3n) is 4.40. The van der Waals surface area contributed by atoms with E-state index in [2.05, 4.69) is 9.62 Å². The summed E-state index contributed by atoms with van der Waals surface area (Å²) in [5, 5.41) is 9.03. The van der Waals surface area contributed by atoms with E-state index in [0.717, 1.165) is 13.1 Å². The van der Waals surface area contributed by atoms with Crippen LogP contribution in [0.15, 0.2) is 0 Å². The number of nitrogens with zero attached hydrogens (tertiary/aromatic N) is 2. The Morgan fingerprint density at radius 1 is 1.29 bits per heavy atom. The number of hydrogen-bond acceptors (Lipinski definition) is 4. The second-order valence-corrected chi connectivity index (χ2v) is 7.74. The van der Waals surface area contributed by atoms with E-state index in [1.807, 2.05) is 6.92 Å². The number of nitrogens with one attached hydrogen (secondary N) is 1. The number of carbonyl (C=O) groups is 1. The van der Waals surface area contributed by atoms with Gasteiger partial charge in [-0.25, -0.2) is 4.72 Å². The van der Waals surface area contributed by atoms with E-state index in [1.165, 1.54) is 17.1 Å². The smallest absolute Gasteiger partial charge is 0.307 e. The summed E-state index contributed by atoms with van der Waals surface area (Å²) in [5.41, 5.74) is 0. The Kier molecular flexibility index (Phi) is 5.59. The van der Waals surface area contributed by atoms with Gasteiger partial charge in [0.1, 0.15) is 0 Å². The van der Waals surface area contributed by atoms with Crippen molar-refractivity contribution >= 4 is 16.2 Å². The van der Waals surface area contributed by atoms with Crippen LogP contribution in [-0.4, -0.2) is 67.5 Å². The van der Waals surface area contributed by atoms with E-state index in [4.69, 9.17) is 5.11 Å². The molecule has 0 aromatic rings. The third kappa shape index (κ3) is 4.38. The Balaban J connectivity index is 1.87. The van der Waals surface area contributed by atoms with Crippen molar-refractivity contribution in [1.82, 2.24) is 13.9 Å². The predicted octanol–water partition coefficient (Wildman–Crippen LogP) is 0.102. The van der Waals surface area contributed by atoms with Gasteiger partial charge in [-0.3, -0.25) is 9.69 Å². The molecule has 2 heterocycles. The summed E-state index contributed by atoms with van der Waals surface area (Å²) < 4.78 is 28.5. The second kappa shape index (κ2) is 7.04. The first-order valence-corrected chi connectivity index (χ1v) is 9.06. The number of hydrogen-bond donors (Lipinski definition) is 2. The molecule has 8 heteroatoms. The van der Waals surface area contributed by atoms with Crippen molar-refractivity contribution < 1.29 is 18.3 Å². The molecule has 0 amide bonds. The van der Waals surface area contributed by atoms with Crippen molar-refractivity contribution in [3.8, 4) is 0 Å². The molecule has 2 aliphatic heterocycles. The Hall–Kier alpha value is -0.700. The minimum atomic E-state index is -3.58. The van der Waals surface area contributed by atoms with Gasteiger partial charge in [0.15, 0.2) is 0 Å². The lowest BCUT2D eigenvalue weighted by Gasteiger charge is -2.31. The maximum absolute atomic E-state index is 12.3. The van der Waals surface area contributed by atoms with Crippen molar-refractivity contribution in [1.29, 1.82) is 0 Å². The Morgan fingerprint density at radius 3 is 2.57 bits per heavy atom. The molecule has 2 saturated heterocycles. The van der Waals surface area contributed by atoms with Crippen LogP contribution in [0.2, 0.25) is 0 Å². The van der Waals surface area contributed by atoms with Crippen LogP contribution in [0.4, 0.5) is 0 Å². The van der Waals surface area contributed by atoms with Gasteiger partial charge in [-0.05, 0) is 45.7 Å². The van der Waals surface area contributed by atoms with Crippen molar-refractivity contribution in [2.24, 2.45) is 5.92 Å². The van der Waals surface area contributed by atoms with Crippen molar-refractivity contribution in [3.63, 3.8) is 0 Å². The van der Waals surface area contributed by atoms with E-state index in [0.29, 0.717) is 25.9 Å². The number of piperidine rings is 1. The molecule has 2 N–H and O–H groups in total. The number of aliphatic carboxylic acids is 1. The first-order valence-electron chi connectivity index (χ1n) is 7.62. The number of carboxylic acid groups (broad SMARTS) is 1. The predicted molar refractivity (Wildman–Crippen MR) is 79.1 cm³/mol. The lowest BCUT2D eigenvalue weighted by molar-refractivity contribution is -0.142. The molecule has 0 spiro atoms. The van der Waals surface area contributed by atoms with E-state index < -0.39 is 22.1 Å². The summed E-state index contributed by atoms with van der Waals surface area (Å²) in [5.74, 6) is -1.51. The molecule has 2 rings (SSSR count). The zero-order valence-corrected chi connectivity index (χ0v) is 13.3. The standard InChI is InChI=1S/C13H25N3O4S/c1-11(15-6-2-3-7-15)9-14-21(19,20)16-8-4-5-12(10-16)13(17)18/h11-12,14H,2-10H2,1H3,(H,17,18). The van der Waals surface area contributed by atoms with Crippen molar-refractivity contribution in [2.45, 2.75) is 38.6 Å². The van der Waals surface area contributed by atoms with Crippen molar-refractivity contribution in [3.05, 3.63) is 0 Å². The molecule has 0 aromatic carbocycles. The Bertz CT molecular complexity index is 462. The maximum Gasteiger partial charge on any atom is 0.307 e. The van der Waals surface area contributed by atoms with Gasteiger partial charge < -0.3 is 5.11 Å². The minimum Gasteiger partial charge on any atom is -0.481 e. The van der Waals surface area contributed by atoms with E-state index >= 15 is 0 Å². The van der Waals surface area contributed by atoms with E-state index in [1.54, 1.807) is 0 Å². The molecule has 2 aliphatic rings. The molecule has 0 radical (unpaired) electrons. The van der Waals surface area contributed by atoms with E-state index in [-0.39, 0.29) is 12.6 Å². The normalized spacial score (nSPS) is 26.8. The molecular formula is C13H25N3O4S. The van der Waals surface area contributed by atoms with Crippen LogP contribution in [-0.2, 0) is 15.0 Å². The first-order chi connectivity index (χ1) is 9.90. The van der Waals surface area contributed by atoms with E-state index in [9.17, 15) is 13.2 Å². The van der Waals surface area contributed by atoms with Crippen LogP contribution in [0.5, 0.6) is 0 Å². The summed E-state index contributed by atoms with van der Waals surface area (Å²) in [7, 11) is -3.58. The number of carboxylic acids is 1. The highest BCUT2D eigenvalue weighted by atomic mass is 32.2. The topological polar surface area (TPSA) is 90.0 Å². The van der Waals surface area contributed by atoms with Crippen LogP contribution in [0.3, 0.4) is 0 Å². The van der Waals surface area contributed by atoms with Gasteiger partial charge in [-0.1, -0.05) is 0 Å². The fourth-order valence-electron chi connectivity index (χ4n) is 2.99. The SMILES string of the molecule is CC(CNS(=O)(=O)N1CCCC(C(=O)O)C1)N1CCCC1. The number of likely N-dealkylation sites (tertiary alicyclic amines) is 1. The lowest BCUT2D eigenvalue weighted by Crippen LogP contribution is -2.50. The summed E-state index contributed by atoms with van der Waals surface area (Å²) in [6.45, 7) is 4.90. The highest BCUT2D eigenvalue weighted by Crippen LogP contribution is 2.19. The largest absolute Gasteiger partial charge is 0.481 e.